The van der Waals surface area contributed by atoms with Crippen LogP contribution in [0.3, 0.4) is 0 Å². The second-order valence-electron chi connectivity index (χ2n) is 4.45. The van der Waals surface area contributed by atoms with Gasteiger partial charge in [-0.25, -0.2) is 0 Å². The zero-order valence-corrected chi connectivity index (χ0v) is 10.2. The summed E-state index contributed by atoms with van der Waals surface area (Å²) in [5.74, 6) is 0.688. The van der Waals surface area contributed by atoms with Crippen LogP contribution in [0, 0.1) is 5.92 Å². The van der Waals surface area contributed by atoms with E-state index in [1.54, 1.807) is 0 Å². The first kappa shape index (κ1) is 11.7. The summed E-state index contributed by atoms with van der Waals surface area (Å²) >= 11 is 6.15. The van der Waals surface area contributed by atoms with Gasteiger partial charge in [-0.15, -0.1) is 0 Å². The van der Waals surface area contributed by atoms with E-state index < -0.39 is 0 Å². The van der Waals surface area contributed by atoms with E-state index in [0.717, 1.165) is 17.0 Å². The van der Waals surface area contributed by atoms with Crippen LogP contribution in [0.5, 0.6) is 0 Å². The molecule has 2 rings (SSSR count). The number of nitrogens with two attached hydrogens (primary N) is 1. The van der Waals surface area contributed by atoms with E-state index in [0.29, 0.717) is 12.5 Å². The molecule has 16 heavy (non-hydrogen) atoms. The number of hydrogen-bond donors (Lipinski definition) is 1. The van der Waals surface area contributed by atoms with Crippen molar-refractivity contribution < 1.29 is 0 Å². The molecule has 0 fully saturated rings. The van der Waals surface area contributed by atoms with Gasteiger partial charge < -0.3 is 5.73 Å². The second kappa shape index (κ2) is 5.51. The molecule has 0 saturated heterocycles. The second-order valence-corrected chi connectivity index (χ2v) is 4.86. The van der Waals surface area contributed by atoms with Crippen molar-refractivity contribution in [2.45, 2.75) is 32.2 Å². The molecule has 1 nitrogen and oxygen atoms in total. The zero-order valence-electron chi connectivity index (χ0n) is 9.45. The third-order valence-corrected chi connectivity index (χ3v) is 3.54. The van der Waals surface area contributed by atoms with Gasteiger partial charge >= 0.3 is 0 Å². The summed E-state index contributed by atoms with van der Waals surface area (Å²) in [6, 6.07) is 6.26. The highest BCUT2D eigenvalue weighted by Crippen LogP contribution is 2.24. The van der Waals surface area contributed by atoms with Crippen molar-refractivity contribution in [2.75, 3.05) is 0 Å². The van der Waals surface area contributed by atoms with Crippen molar-refractivity contribution in [3.8, 4) is 0 Å². The van der Waals surface area contributed by atoms with Crippen LogP contribution in [0.2, 0.25) is 5.02 Å². The quantitative estimate of drug-likeness (QED) is 0.795. The lowest BCUT2D eigenvalue weighted by Gasteiger charge is -2.16. The Bertz CT molecular complexity index is 384. The Morgan fingerprint density at radius 3 is 2.88 bits per heavy atom. The van der Waals surface area contributed by atoms with E-state index in [1.807, 2.05) is 6.07 Å². The minimum absolute atomic E-state index is 0.516. The highest BCUT2D eigenvalue weighted by atomic mass is 35.5. The summed E-state index contributed by atoms with van der Waals surface area (Å²) in [6.07, 6.45) is 9.59. The average Bonchev–Trinajstić information content (AvgIpc) is 2.31. The standard InChI is InChI=1S/C14H18ClN/c15-14-9-12(6-7-13(14)10-16)8-11-4-2-1-3-5-11/h2,4,6-7,9,11H,1,3,5,8,10,16H2. The third kappa shape index (κ3) is 2.87. The average molecular weight is 236 g/mol. The smallest absolute Gasteiger partial charge is 0.0453 e. The fraction of sp³-hybridized carbons (Fsp3) is 0.429. The van der Waals surface area contributed by atoms with E-state index in [2.05, 4.69) is 24.3 Å². The lowest BCUT2D eigenvalue weighted by molar-refractivity contribution is 0.539. The first-order chi connectivity index (χ1) is 7.79. The predicted octanol–water partition coefficient (Wildman–Crippen LogP) is 3.70. The Balaban J connectivity index is 2.06. The minimum Gasteiger partial charge on any atom is -0.326 e. The van der Waals surface area contributed by atoms with Crippen molar-refractivity contribution in [2.24, 2.45) is 11.7 Å². The zero-order chi connectivity index (χ0) is 11.4. The monoisotopic (exact) mass is 235 g/mol. The molecule has 0 amide bonds. The van der Waals surface area contributed by atoms with Crippen LogP contribution in [0.15, 0.2) is 30.4 Å². The molecular formula is C14H18ClN. The predicted molar refractivity (Wildman–Crippen MR) is 69.5 cm³/mol. The number of benzene rings is 1. The lowest BCUT2D eigenvalue weighted by atomic mass is 9.90. The molecule has 86 valence electrons. The first-order valence-corrected chi connectivity index (χ1v) is 6.31. The molecule has 1 aromatic rings. The molecule has 2 heteroatoms. The van der Waals surface area contributed by atoms with Gasteiger partial charge in [0.25, 0.3) is 0 Å². The molecule has 1 aliphatic carbocycles. The molecule has 2 N–H and O–H groups in total. The molecule has 0 aromatic heterocycles. The Kier molecular flexibility index (Phi) is 4.03. The Morgan fingerprint density at radius 2 is 2.25 bits per heavy atom. The van der Waals surface area contributed by atoms with E-state index in [-0.39, 0.29) is 0 Å². The van der Waals surface area contributed by atoms with Gasteiger partial charge in [0.15, 0.2) is 0 Å². The van der Waals surface area contributed by atoms with E-state index >= 15 is 0 Å². The maximum Gasteiger partial charge on any atom is 0.0453 e. The number of halogens is 1. The van der Waals surface area contributed by atoms with Gasteiger partial charge in [-0.2, -0.15) is 0 Å². The molecule has 0 spiro atoms. The van der Waals surface area contributed by atoms with Crippen molar-refractivity contribution in [3.05, 3.63) is 46.5 Å². The van der Waals surface area contributed by atoms with Gasteiger partial charge in [-0.1, -0.05) is 35.9 Å². The number of hydrogen-bond acceptors (Lipinski definition) is 1. The molecular weight excluding hydrogens is 218 g/mol. The highest BCUT2D eigenvalue weighted by Gasteiger charge is 2.10. The summed E-state index contributed by atoms with van der Waals surface area (Å²) in [5.41, 5.74) is 7.94. The molecule has 1 unspecified atom stereocenters. The van der Waals surface area contributed by atoms with Crippen molar-refractivity contribution in [1.29, 1.82) is 0 Å². The molecule has 1 aliphatic rings. The fourth-order valence-corrected chi connectivity index (χ4v) is 2.52. The third-order valence-electron chi connectivity index (χ3n) is 3.19. The van der Waals surface area contributed by atoms with Gasteiger partial charge in [0.1, 0.15) is 0 Å². The summed E-state index contributed by atoms with van der Waals surface area (Å²) in [4.78, 5) is 0. The van der Waals surface area contributed by atoms with E-state index in [4.69, 9.17) is 17.3 Å². The lowest BCUT2D eigenvalue weighted by Crippen LogP contribution is -2.05. The van der Waals surface area contributed by atoms with Crippen LogP contribution in [0.1, 0.15) is 30.4 Å². The summed E-state index contributed by atoms with van der Waals surface area (Å²) in [6.45, 7) is 0.516. The molecule has 0 bridgehead atoms. The van der Waals surface area contributed by atoms with Crippen LogP contribution in [-0.2, 0) is 13.0 Å². The van der Waals surface area contributed by atoms with Crippen molar-refractivity contribution in [1.82, 2.24) is 0 Å². The number of rotatable bonds is 3. The summed E-state index contributed by atoms with van der Waals surface area (Å²) in [5, 5.41) is 0.805. The van der Waals surface area contributed by atoms with Crippen LogP contribution in [0.25, 0.3) is 0 Å². The van der Waals surface area contributed by atoms with Crippen molar-refractivity contribution in [3.63, 3.8) is 0 Å². The SMILES string of the molecule is NCc1ccc(CC2C=CCCC2)cc1Cl. The maximum absolute atomic E-state index is 6.15. The Morgan fingerprint density at radius 1 is 1.38 bits per heavy atom. The van der Waals surface area contributed by atoms with Gasteiger partial charge in [0.05, 0.1) is 0 Å². The van der Waals surface area contributed by atoms with Crippen molar-refractivity contribution >= 4 is 11.6 Å². The Hall–Kier alpha value is -0.790. The normalized spacial score (nSPS) is 20.0. The van der Waals surface area contributed by atoms with Gasteiger partial charge in [0, 0.05) is 11.6 Å². The van der Waals surface area contributed by atoms with Crippen LogP contribution < -0.4 is 5.73 Å². The molecule has 0 radical (unpaired) electrons. The van der Waals surface area contributed by atoms with Crippen LogP contribution in [0.4, 0.5) is 0 Å². The molecule has 1 aromatic carbocycles. The number of allylic oxidation sites excluding steroid dienone is 2. The van der Waals surface area contributed by atoms with Gasteiger partial charge in [-0.3, -0.25) is 0 Å². The summed E-state index contributed by atoms with van der Waals surface area (Å²) < 4.78 is 0. The highest BCUT2D eigenvalue weighted by molar-refractivity contribution is 6.31. The van der Waals surface area contributed by atoms with Crippen LogP contribution in [-0.4, -0.2) is 0 Å². The molecule has 0 heterocycles. The van der Waals surface area contributed by atoms with E-state index in [1.165, 1.54) is 24.8 Å². The van der Waals surface area contributed by atoms with Gasteiger partial charge in [0.2, 0.25) is 0 Å². The summed E-state index contributed by atoms with van der Waals surface area (Å²) in [7, 11) is 0. The molecule has 0 aliphatic heterocycles. The molecule has 0 saturated carbocycles. The Labute approximate surface area is 102 Å². The largest absolute Gasteiger partial charge is 0.326 e. The van der Waals surface area contributed by atoms with Gasteiger partial charge in [-0.05, 0) is 48.8 Å². The molecule has 1 atom stereocenters. The minimum atomic E-state index is 0.516. The maximum atomic E-state index is 6.15. The van der Waals surface area contributed by atoms with Crippen LogP contribution >= 0.6 is 11.6 Å². The van der Waals surface area contributed by atoms with E-state index in [9.17, 15) is 0 Å². The topological polar surface area (TPSA) is 26.0 Å². The first-order valence-electron chi connectivity index (χ1n) is 5.93. The fourth-order valence-electron chi connectivity index (χ4n) is 2.24.